The normalized spacial score (nSPS) is 21.4. The molecule has 0 radical (unpaired) electrons. The Morgan fingerprint density at radius 2 is 2.38 bits per heavy atom. The van der Waals surface area contributed by atoms with Crippen LogP contribution in [0.15, 0.2) is 4.42 Å². The van der Waals surface area contributed by atoms with Gasteiger partial charge >= 0.3 is 6.01 Å². The quantitative estimate of drug-likeness (QED) is 0.665. The molecule has 1 unspecified atom stereocenters. The van der Waals surface area contributed by atoms with E-state index in [9.17, 15) is 0 Å². The van der Waals surface area contributed by atoms with Crippen LogP contribution in [-0.4, -0.2) is 54.3 Å². The first kappa shape index (κ1) is 11.3. The molecule has 3 N–H and O–H groups in total. The molecule has 0 bridgehead atoms. The van der Waals surface area contributed by atoms with Crippen LogP contribution in [0.3, 0.4) is 0 Å². The number of morpholine rings is 1. The Labute approximate surface area is 93.2 Å². The van der Waals surface area contributed by atoms with Crippen molar-refractivity contribution in [3.8, 4) is 0 Å². The summed E-state index contributed by atoms with van der Waals surface area (Å²) >= 11 is 0. The Bertz CT molecular complexity index is 330. The van der Waals surface area contributed by atoms with Gasteiger partial charge in [-0.25, -0.2) is 0 Å². The fourth-order valence-electron chi connectivity index (χ4n) is 1.60. The van der Waals surface area contributed by atoms with Gasteiger partial charge in [0.05, 0.1) is 25.9 Å². The molecule has 0 aromatic carbocycles. The summed E-state index contributed by atoms with van der Waals surface area (Å²) in [5, 5.41) is 16.8. The van der Waals surface area contributed by atoms with Crippen molar-refractivity contribution < 1.29 is 14.3 Å². The van der Waals surface area contributed by atoms with E-state index in [-0.39, 0.29) is 12.7 Å². The summed E-state index contributed by atoms with van der Waals surface area (Å²) in [5.74, 6) is 0.546. The summed E-state index contributed by atoms with van der Waals surface area (Å²) in [4.78, 5) is 1.91. The van der Waals surface area contributed by atoms with Gasteiger partial charge in [0, 0.05) is 19.5 Å². The molecule has 1 fully saturated rings. The van der Waals surface area contributed by atoms with Crippen molar-refractivity contribution in [2.24, 2.45) is 5.73 Å². The number of hydrogen-bond acceptors (Lipinski definition) is 7. The van der Waals surface area contributed by atoms with Crippen LogP contribution in [-0.2, 0) is 11.2 Å². The van der Waals surface area contributed by atoms with Crippen LogP contribution >= 0.6 is 0 Å². The first-order valence-corrected chi connectivity index (χ1v) is 5.33. The number of ether oxygens (including phenoxy) is 1. The van der Waals surface area contributed by atoms with Crippen LogP contribution in [0.4, 0.5) is 6.01 Å². The summed E-state index contributed by atoms with van der Waals surface area (Å²) < 4.78 is 10.8. The van der Waals surface area contributed by atoms with Crippen molar-refractivity contribution in [2.75, 3.05) is 37.7 Å². The lowest BCUT2D eigenvalue weighted by atomic mass is 10.3. The summed E-state index contributed by atoms with van der Waals surface area (Å²) in [5.41, 5.74) is 5.40. The smallest absolute Gasteiger partial charge is 0.318 e. The molecule has 7 nitrogen and oxygen atoms in total. The highest BCUT2D eigenvalue weighted by Gasteiger charge is 2.23. The second-order valence-electron chi connectivity index (χ2n) is 3.64. The molecule has 1 aromatic heterocycles. The molecule has 0 aliphatic carbocycles. The molecule has 2 heterocycles. The molecule has 0 saturated carbocycles. The van der Waals surface area contributed by atoms with Gasteiger partial charge in [-0.1, -0.05) is 5.10 Å². The fourth-order valence-corrected chi connectivity index (χ4v) is 1.60. The monoisotopic (exact) mass is 228 g/mol. The van der Waals surface area contributed by atoms with E-state index in [0.717, 1.165) is 0 Å². The molecule has 1 aliphatic heterocycles. The van der Waals surface area contributed by atoms with Gasteiger partial charge in [0.15, 0.2) is 0 Å². The van der Waals surface area contributed by atoms with Gasteiger partial charge in [0.25, 0.3) is 0 Å². The van der Waals surface area contributed by atoms with E-state index in [1.54, 1.807) is 0 Å². The topological polar surface area (TPSA) is 97.6 Å². The second-order valence-corrected chi connectivity index (χ2v) is 3.64. The Hall–Kier alpha value is -1.18. The highest BCUT2D eigenvalue weighted by molar-refractivity contribution is 5.25. The maximum Gasteiger partial charge on any atom is 0.318 e. The van der Waals surface area contributed by atoms with E-state index in [1.807, 2.05) is 4.90 Å². The average Bonchev–Trinajstić information content (AvgIpc) is 2.78. The van der Waals surface area contributed by atoms with Crippen LogP contribution < -0.4 is 10.6 Å². The molecule has 0 spiro atoms. The maximum atomic E-state index is 9.01. The van der Waals surface area contributed by atoms with Crippen molar-refractivity contribution in [3.05, 3.63) is 5.89 Å². The lowest BCUT2D eigenvalue weighted by Gasteiger charge is -2.30. The van der Waals surface area contributed by atoms with Gasteiger partial charge in [0.2, 0.25) is 5.89 Å². The van der Waals surface area contributed by atoms with Gasteiger partial charge < -0.3 is 24.9 Å². The molecule has 1 atom stereocenters. The zero-order chi connectivity index (χ0) is 11.4. The van der Waals surface area contributed by atoms with Crippen LogP contribution in [0, 0.1) is 0 Å². The molecule has 0 amide bonds. The first-order valence-electron chi connectivity index (χ1n) is 5.33. The lowest BCUT2D eigenvalue weighted by Crippen LogP contribution is -2.44. The SMILES string of the molecule is NCCc1nnc(N2CCOC(CO)C2)o1. The molecular formula is C9H16N4O3. The third-order valence-corrected chi connectivity index (χ3v) is 2.43. The summed E-state index contributed by atoms with van der Waals surface area (Å²) in [6, 6.07) is 0.477. The average molecular weight is 228 g/mol. The molecule has 1 saturated heterocycles. The standard InChI is InChI=1S/C9H16N4O3/c10-2-1-8-11-12-9(16-8)13-3-4-15-7(5-13)6-14/h7,14H,1-6,10H2. The maximum absolute atomic E-state index is 9.01. The van der Waals surface area contributed by atoms with Crippen molar-refractivity contribution in [3.63, 3.8) is 0 Å². The van der Waals surface area contributed by atoms with Crippen molar-refractivity contribution in [2.45, 2.75) is 12.5 Å². The van der Waals surface area contributed by atoms with Crippen LogP contribution in [0.25, 0.3) is 0 Å². The minimum Gasteiger partial charge on any atom is -0.408 e. The fraction of sp³-hybridized carbons (Fsp3) is 0.778. The summed E-state index contributed by atoms with van der Waals surface area (Å²) in [6.07, 6.45) is 0.402. The number of aliphatic hydroxyl groups is 1. The van der Waals surface area contributed by atoms with Gasteiger partial charge in [-0.2, -0.15) is 0 Å². The van der Waals surface area contributed by atoms with Crippen LogP contribution in [0.1, 0.15) is 5.89 Å². The lowest BCUT2D eigenvalue weighted by molar-refractivity contribution is 0.00224. The number of aromatic nitrogens is 2. The number of nitrogens with two attached hydrogens (primary N) is 1. The van der Waals surface area contributed by atoms with Crippen molar-refractivity contribution in [1.29, 1.82) is 0 Å². The van der Waals surface area contributed by atoms with Gasteiger partial charge in [0.1, 0.15) is 0 Å². The highest BCUT2D eigenvalue weighted by atomic mass is 16.5. The van der Waals surface area contributed by atoms with E-state index < -0.39 is 0 Å². The Balaban J connectivity index is 1.99. The van der Waals surface area contributed by atoms with Crippen molar-refractivity contribution >= 4 is 6.01 Å². The number of aliphatic hydroxyl groups excluding tert-OH is 1. The number of rotatable bonds is 4. The Morgan fingerprint density at radius 1 is 1.50 bits per heavy atom. The molecule has 2 rings (SSSR count). The number of nitrogens with zero attached hydrogens (tertiary/aromatic N) is 3. The highest BCUT2D eigenvalue weighted by Crippen LogP contribution is 2.16. The van der Waals surface area contributed by atoms with E-state index in [1.165, 1.54) is 0 Å². The number of hydrogen-bond donors (Lipinski definition) is 2. The predicted octanol–water partition coefficient (Wildman–Crippen LogP) is -1.23. The first-order chi connectivity index (χ1) is 7.83. The van der Waals surface area contributed by atoms with E-state index in [2.05, 4.69) is 10.2 Å². The van der Waals surface area contributed by atoms with E-state index >= 15 is 0 Å². The molecule has 7 heteroatoms. The second kappa shape index (κ2) is 5.24. The summed E-state index contributed by atoms with van der Waals surface area (Å²) in [7, 11) is 0. The Kier molecular flexibility index (Phi) is 3.70. The van der Waals surface area contributed by atoms with E-state index in [4.69, 9.17) is 20.0 Å². The molecule has 16 heavy (non-hydrogen) atoms. The molecule has 1 aliphatic rings. The van der Waals surface area contributed by atoms with Crippen LogP contribution in [0.2, 0.25) is 0 Å². The minimum atomic E-state index is -0.182. The Morgan fingerprint density at radius 3 is 3.12 bits per heavy atom. The van der Waals surface area contributed by atoms with E-state index in [0.29, 0.717) is 44.6 Å². The largest absolute Gasteiger partial charge is 0.408 e. The van der Waals surface area contributed by atoms with Gasteiger partial charge in [-0.3, -0.25) is 0 Å². The van der Waals surface area contributed by atoms with Gasteiger partial charge in [-0.05, 0) is 0 Å². The predicted molar refractivity (Wildman–Crippen MR) is 56.1 cm³/mol. The zero-order valence-corrected chi connectivity index (χ0v) is 9.00. The zero-order valence-electron chi connectivity index (χ0n) is 9.00. The molecule has 90 valence electrons. The van der Waals surface area contributed by atoms with Crippen LogP contribution in [0.5, 0.6) is 0 Å². The number of anilines is 1. The third-order valence-electron chi connectivity index (χ3n) is 2.43. The molecule has 1 aromatic rings. The van der Waals surface area contributed by atoms with Crippen molar-refractivity contribution in [1.82, 2.24) is 10.2 Å². The summed E-state index contributed by atoms with van der Waals surface area (Å²) in [6.45, 7) is 2.31. The minimum absolute atomic E-state index is 0.000292. The van der Waals surface area contributed by atoms with Gasteiger partial charge in [-0.15, -0.1) is 5.10 Å². The molecular weight excluding hydrogens is 212 g/mol. The third kappa shape index (κ3) is 2.49.